The lowest BCUT2D eigenvalue weighted by atomic mass is 10.1. The van der Waals surface area contributed by atoms with Crippen LogP contribution in [-0.2, 0) is 4.74 Å². The average Bonchev–Trinajstić information content (AvgIpc) is 2.47. The van der Waals surface area contributed by atoms with Gasteiger partial charge in [-0.15, -0.1) is 0 Å². The first kappa shape index (κ1) is 16.1. The Bertz CT molecular complexity index is 374. The first-order valence-electron chi connectivity index (χ1n) is 6.22. The molecule has 4 nitrogen and oxygen atoms in total. The molecule has 0 saturated carbocycles. The highest BCUT2D eigenvalue weighted by Crippen LogP contribution is 2.30. The van der Waals surface area contributed by atoms with Crippen molar-refractivity contribution in [3.05, 3.63) is 23.8 Å². The van der Waals surface area contributed by atoms with Crippen LogP contribution >= 0.6 is 11.8 Å². The van der Waals surface area contributed by atoms with Crippen LogP contribution in [0.15, 0.2) is 18.2 Å². The number of thioether (sulfide) groups is 1. The molecule has 1 aromatic rings. The maximum absolute atomic E-state index is 5.43. The van der Waals surface area contributed by atoms with E-state index in [2.05, 4.69) is 5.32 Å². The Morgan fingerprint density at radius 2 is 2.00 bits per heavy atom. The van der Waals surface area contributed by atoms with Gasteiger partial charge in [-0.2, -0.15) is 11.8 Å². The van der Waals surface area contributed by atoms with Crippen molar-refractivity contribution in [2.45, 2.75) is 6.04 Å². The van der Waals surface area contributed by atoms with Gasteiger partial charge in [-0.05, 0) is 25.2 Å². The zero-order chi connectivity index (χ0) is 14.1. The van der Waals surface area contributed by atoms with Crippen molar-refractivity contribution < 1.29 is 14.2 Å². The summed E-state index contributed by atoms with van der Waals surface area (Å²) in [7, 11) is 7.05. The van der Waals surface area contributed by atoms with Crippen LogP contribution in [0.2, 0.25) is 0 Å². The Balaban J connectivity index is 2.77. The van der Waals surface area contributed by atoms with E-state index in [0.29, 0.717) is 0 Å². The van der Waals surface area contributed by atoms with E-state index in [9.17, 15) is 0 Å². The minimum Gasteiger partial charge on any atom is -0.497 e. The van der Waals surface area contributed by atoms with Gasteiger partial charge in [0.2, 0.25) is 0 Å². The van der Waals surface area contributed by atoms with Gasteiger partial charge in [0.15, 0.2) is 0 Å². The third kappa shape index (κ3) is 4.93. The number of rotatable bonds is 9. The van der Waals surface area contributed by atoms with Crippen LogP contribution in [0.1, 0.15) is 11.6 Å². The summed E-state index contributed by atoms with van der Waals surface area (Å²) < 4.78 is 15.8. The third-order valence-corrected chi connectivity index (χ3v) is 3.90. The monoisotopic (exact) mass is 285 g/mol. The predicted molar refractivity (Wildman–Crippen MR) is 80.5 cm³/mol. The molecule has 0 aliphatic carbocycles. The van der Waals surface area contributed by atoms with Gasteiger partial charge in [-0.25, -0.2) is 0 Å². The number of hydrogen-bond acceptors (Lipinski definition) is 5. The number of ether oxygens (including phenoxy) is 3. The van der Waals surface area contributed by atoms with E-state index in [1.807, 2.05) is 37.0 Å². The molecular formula is C14H23NO3S. The molecule has 5 heteroatoms. The summed E-state index contributed by atoms with van der Waals surface area (Å²) in [5, 5.41) is 3.32. The van der Waals surface area contributed by atoms with Crippen molar-refractivity contribution in [2.75, 3.05) is 46.5 Å². The van der Waals surface area contributed by atoms with Crippen LogP contribution in [0.5, 0.6) is 11.5 Å². The molecule has 1 rings (SSSR count). The normalized spacial score (nSPS) is 12.2. The lowest BCUT2D eigenvalue weighted by Crippen LogP contribution is -2.20. The molecule has 1 unspecified atom stereocenters. The summed E-state index contributed by atoms with van der Waals surface area (Å²) in [5.74, 6) is 3.68. The second kappa shape index (κ2) is 9.07. The number of hydrogen-bond donors (Lipinski definition) is 1. The van der Waals surface area contributed by atoms with Crippen molar-refractivity contribution in [3.63, 3.8) is 0 Å². The second-order valence-corrected chi connectivity index (χ2v) is 5.17. The summed E-state index contributed by atoms with van der Waals surface area (Å²) in [6, 6.07) is 6.11. The Morgan fingerprint density at radius 1 is 1.21 bits per heavy atom. The molecule has 0 saturated heterocycles. The van der Waals surface area contributed by atoms with E-state index >= 15 is 0 Å². The fourth-order valence-corrected chi connectivity index (χ4v) is 2.82. The maximum atomic E-state index is 5.43. The van der Waals surface area contributed by atoms with Crippen molar-refractivity contribution in [2.24, 2.45) is 0 Å². The first-order valence-corrected chi connectivity index (χ1v) is 7.38. The molecule has 1 atom stereocenters. The standard InChI is InChI=1S/C14H23NO3S/c1-15-13(10-19-8-7-16-2)12-9-11(17-3)5-6-14(12)18-4/h5-6,9,13,15H,7-8,10H2,1-4H3. The van der Waals surface area contributed by atoms with Gasteiger partial charge in [0, 0.05) is 30.2 Å². The van der Waals surface area contributed by atoms with Crippen molar-refractivity contribution in [1.29, 1.82) is 0 Å². The summed E-state index contributed by atoms with van der Waals surface area (Å²) in [6.07, 6.45) is 0. The molecular weight excluding hydrogens is 262 g/mol. The second-order valence-electron chi connectivity index (χ2n) is 4.02. The Morgan fingerprint density at radius 3 is 2.58 bits per heavy atom. The minimum absolute atomic E-state index is 0.229. The van der Waals surface area contributed by atoms with Gasteiger partial charge >= 0.3 is 0 Å². The Hall–Kier alpha value is -0.910. The van der Waals surface area contributed by atoms with E-state index in [-0.39, 0.29) is 6.04 Å². The Kier molecular flexibility index (Phi) is 7.70. The van der Waals surface area contributed by atoms with Crippen molar-refractivity contribution in [3.8, 4) is 11.5 Å². The molecule has 0 heterocycles. The molecule has 0 radical (unpaired) electrons. The molecule has 1 N–H and O–H groups in total. The van der Waals surface area contributed by atoms with Gasteiger partial charge in [-0.3, -0.25) is 0 Å². The smallest absolute Gasteiger partial charge is 0.123 e. The predicted octanol–water partition coefficient (Wildman–Crippen LogP) is 2.34. The summed E-state index contributed by atoms with van der Waals surface area (Å²) >= 11 is 1.85. The van der Waals surface area contributed by atoms with E-state index in [1.165, 1.54) is 0 Å². The molecule has 0 fully saturated rings. The van der Waals surface area contributed by atoms with Crippen LogP contribution < -0.4 is 14.8 Å². The van der Waals surface area contributed by atoms with Crippen molar-refractivity contribution >= 4 is 11.8 Å². The van der Waals surface area contributed by atoms with E-state index in [1.54, 1.807) is 21.3 Å². The SMILES string of the molecule is CNC(CSCCOC)c1cc(OC)ccc1OC. The molecule has 19 heavy (non-hydrogen) atoms. The average molecular weight is 285 g/mol. The van der Waals surface area contributed by atoms with E-state index in [0.717, 1.165) is 35.2 Å². The van der Waals surface area contributed by atoms with Crippen LogP contribution in [0.25, 0.3) is 0 Å². The highest BCUT2D eigenvalue weighted by atomic mass is 32.2. The molecule has 0 aliphatic heterocycles. The molecule has 0 aliphatic rings. The van der Waals surface area contributed by atoms with Crippen LogP contribution in [0.4, 0.5) is 0 Å². The lowest BCUT2D eigenvalue weighted by Gasteiger charge is -2.20. The van der Waals surface area contributed by atoms with Gasteiger partial charge in [0.25, 0.3) is 0 Å². The van der Waals surface area contributed by atoms with Gasteiger partial charge in [0.1, 0.15) is 11.5 Å². The van der Waals surface area contributed by atoms with Crippen LogP contribution in [0.3, 0.4) is 0 Å². The molecule has 0 bridgehead atoms. The summed E-state index contributed by atoms with van der Waals surface area (Å²) in [5.41, 5.74) is 1.12. The molecule has 108 valence electrons. The number of methoxy groups -OCH3 is 3. The van der Waals surface area contributed by atoms with Crippen LogP contribution in [0, 0.1) is 0 Å². The van der Waals surface area contributed by atoms with Crippen LogP contribution in [-0.4, -0.2) is 46.5 Å². The third-order valence-electron chi connectivity index (χ3n) is 2.88. The minimum atomic E-state index is 0.229. The quantitative estimate of drug-likeness (QED) is 0.705. The number of nitrogens with one attached hydrogen (secondary N) is 1. The molecule has 1 aromatic carbocycles. The highest BCUT2D eigenvalue weighted by molar-refractivity contribution is 7.99. The first-order chi connectivity index (χ1) is 9.26. The summed E-state index contributed by atoms with van der Waals surface area (Å²) in [6.45, 7) is 0.774. The fraction of sp³-hybridized carbons (Fsp3) is 0.571. The lowest BCUT2D eigenvalue weighted by molar-refractivity contribution is 0.218. The zero-order valence-corrected chi connectivity index (χ0v) is 12.9. The topological polar surface area (TPSA) is 39.7 Å². The molecule has 0 spiro atoms. The van der Waals surface area contributed by atoms with Gasteiger partial charge in [-0.1, -0.05) is 0 Å². The zero-order valence-electron chi connectivity index (χ0n) is 12.1. The molecule has 0 amide bonds. The fourth-order valence-electron chi connectivity index (χ4n) is 1.78. The van der Waals surface area contributed by atoms with Crippen molar-refractivity contribution in [1.82, 2.24) is 5.32 Å². The van der Waals surface area contributed by atoms with E-state index in [4.69, 9.17) is 14.2 Å². The molecule has 0 aromatic heterocycles. The summed E-state index contributed by atoms with van der Waals surface area (Å²) in [4.78, 5) is 0. The highest BCUT2D eigenvalue weighted by Gasteiger charge is 2.15. The number of benzene rings is 1. The Labute approximate surface area is 119 Å². The van der Waals surface area contributed by atoms with Gasteiger partial charge in [0.05, 0.1) is 20.8 Å². The van der Waals surface area contributed by atoms with E-state index < -0.39 is 0 Å². The maximum Gasteiger partial charge on any atom is 0.123 e. The van der Waals surface area contributed by atoms with Gasteiger partial charge < -0.3 is 19.5 Å². The largest absolute Gasteiger partial charge is 0.497 e.